The van der Waals surface area contributed by atoms with Crippen LogP contribution in [0.4, 0.5) is 0 Å². The van der Waals surface area contributed by atoms with Crippen molar-refractivity contribution in [2.24, 2.45) is 34.5 Å². The highest BCUT2D eigenvalue weighted by atomic mass is 16.3. The van der Waals surface area contributed by atoms with E-state index in [1.165, 1.54) is 44.9 Å². The van der Waals surface area contributed by atoms with E-state index in [0.717, 1.165) is 30.6 Å². The molecule has 22 heavy (non-hydrogen) atoms. The van der Waals surface area contributed by atoms with Crippen molar-refractivity contribution in [1.82, 2.24) is 0 Å². The molecule has 4 fully saturated rings. The van der Waals surface area contributed by atoms with Crippen molar-refractivity contribution in [3.8, 4) is 6.07 Å². The molecular formula is C20H31NO. The van der Waals surface area contributed by atoms with Crippen molar-refractivity contribution in [2.45, 2.75) is 83.7 Å². The smallest absolute Gasteiger partial charge is 0.156 e. The predicted molar refractivity (Wildman–Crippen MR) is 86.9 cm³/mol. The Morgan fingerprint density at radius 3 is 2.45 bits per heavy atom. The van der Waals surface area contributed by atoms with Gasteiger partial charge in [-0.2, -0.15) is 5.26 Å². The van der Waals surface area contributed by atoms with E-state index >= 15 is 0 Å². The SMILES string of the molecule is C[C@]12CCCC[C@@H]1CC[C@@H]1[C@@H]2CC[C@@]2(C)[C@H]1CC[C@@]2(O)C#N. The van der Waals surface area contributed by atoms with Gasteiger partial charge in [-0.1, -0.05) is 26.7 Å². The molecule has 0 spiro atoms. The summed E-state index contributed by atoms with van der Waals surface area (Å²) < 4.78 is 0. The lowest BCUT2D eigenvalue weighted by Gasteiger charge is -2.60. The molecule has 122 valence electrons. The molecule has 0 aliphatic heterocycles. The minimum Gasteiger partial charge on any atom is -0.375 e. The van der Waals surface area contributed by atoms with Gasteiger partial charge in [-0.15, -0.1) is 0 Å². The number of hydrogen-bond donors (Lipinski definition) is 1. The van der Waals surface area contributed by atoms with Crippen LogP contribution in [0.15, 0.2) is 0 Å². The van der Waals surface area contributed by atoms with Gasteiger partial charge in [0.25, 0.3) is 0 Å². The van der Waals surface area contributed by atoms with Gasteiger partial charge in [0.05, 0.1) is 6.07 Å². The van der Waals surface area contributed by atoms with Gasteiger partial charge in [0.2, 0.25) is 0 Å². The maximum absolute atomic E-state index is 10.9. The maximum atomic E-state index is 10.9. The zero-order chi connectivity index (χ0) is 15.6. The Kier molecular flexibility index (Phi) is 3.22. The van der Waals surface area contributed by atoms with Gasteiger partial charge in [0.1, 0.15) is 0 Å². The summed E-state index contributed by atoms with van der Waals surface area (Å²) in [6, 6.07) is 2.30. The lowest BCUT2D eigenvalue weighted by molar-refractivity contribution is -0.135. The zero-order valence-electron chi connectivity index (χ0n) is 14.3. The van der Waals surface area contributed by atoms with Crippen LogP contribution in [0.5, 0.6) is 0 Å². The Morgan fingerprint density at radius 2 is 1.68 bits per heavy atom. The van der Waals surface area contributed by atoms with Gasteiger partial charge in [0, 0.05) is 5.41 Å². The first-order valence-electron chi connectivity index (χ1n) is 9.58. The minimum absolute atomic E-state index is 0.152. The van der Waals surface area contributed by atoms with Gasteiger partial charge < -0.3 is 5.11 Å². The Labute approximate surface area is 135 Å². The highest BCUT2D eigenvalue weighted by molar-refractivity contribution is 5.20. The molecule has 0 aromatic heterocycles. The highest BCUT2D eigenvalue weighted by Gasteiger charge is 2.64. The molecule has 1 N–H and O–H groups in total. The fourth-order valence-corrected chi connectivity index (χ4v) is 7.49. The molecule has 7 atom stereocenters. The first kappa shape index (κ1) is 15.0. The number of nitrogens with zero attached hydrogens (tertiary/aromatic N) is 1. The molecule has 0 aromatic carbocycles. The molecule has 0 aromatic rings. The van der Waals surface area contributed by atoms with E-state index in [0.29, 0.717) is 17.8 Å². The molecule has 0 bridgehead atoms. The molecule has 0 heterocycles. The third-order valence-electron chi connectivity index (χ3n) is 8.92. The average Bonchev–Trinajstić information content (AvgIpc) is 2.79. The number of hydrogen-bond acceptors (Lipinski definition) is 2. The van der Waals surface area contributed by atoms with Crippen molar-refractivity contribution in [2.75, 3.05) is 0 Å². The molecule has 4 aliphatic carbocycles. The summed E-state index contributed by atoms with van der Waals surface area (Å²) in [6.45, 7) is 4.81. The number of fused-ring (bicyclic) bond motifs is 5. The van der Waals surface area contributed by atoms with Gasteiger partial charge in [-0.05, 0) is 80.5 Å². The summed E-state index contributed by atoms with van der Waals surface area (Å²) in [5.74, 6) is 3.14. The van der Waals surface area contributed by atoms with E-state index in [2.05, 4.69) is 19.9 Å². The van der Waals surface area contributed by atoms with Crippen LogP contribution in [0, 0.1) is 45.8 Å². The Bertz CT molecular complexity index is 510. The van der Waals surface area contributed by atoms with Crippen LogP contribution in [0.3, 0.4) is 0 Å². The molecule has 0 unspecified atom stereocenters. The second kappa shape index (κ2) is 4.73. The summed E-state index contributed by atoms with van der Waals surface area (Å²) in [5, 5.41) is 20.4. The molecule has 2 heteroatoms. The van der Waals surface area contributed by atoms with Crippen molar-refractivity contribution < 1.29 is 5.11 Å². The Balaban J connectivity index is 1.67. The summed E-state index contributed by atoms with van der Waals surface area (Å²) in [6.07, 6.45) is 12.6. The number of rotatable bonds is 0. The second-order valence-corrected chi connectivity index (χ2v) is 9.37. The number of aliphatic hydroxyl groups is 1. The molecule has 4 saturated carbocycles. The van der Waals surface area contributed by atoms with E-state index in [1.807, 2.05) is 0 Å². The lowest BCUT2D eigenvalue weighted by Crippen LogP contribution is -2.55. The normalized spacial score (nSPS) is 57.4. The molecular weight excluding hydrogens is 270 g/mol. The molecule has 0 saturated heterocycles. The van der Waals surface area contributed by atoms with Crippen molar-refractivity contribution in [3.63, 3.8) is 0 Å². The first-order valence-corrected chi connectivity index (χ1v) is 9.58. The van der Waals surface area contributed by atoms with E-state index < -0.39 is 5.60 Å². The van der Waals surface area contributed by atoms with Gasteiger partial charge in [-0.25, -0.2) is 0 Å². The molecule has 0 amide bonds. The fourth-order valence-electron chi connectivity index (χ4n) is 7.49. The zero-order valence-corrected chi connectivity index (χ0v) is 14.3. The molecule has 4 aliphatic rings. The number of nitriles is 1. The van der Waals surface area contributed by atoms with Crippen LogP contribution in [-0.4, -0.2) is 10.7 Å². The van der Waals surface area contributed by atoms with E-state index in [-0.39, 0.29) is 5.41 Å². The quantitative estimate of drug-likeness (QED) is 0.661. The molecule has 2 nitrogen and oxygen atoms in total. The first-order chi connectivity index (χ1) is 10.4. The van der Waals surface area contributed by atoms with Crippen LogP contribution < -0.4 is 0 Å². The van der Waals surface area contributed by atoms with Crippen LogP contribution in [0.25, 0.3) is 0 Å². The van der Waals surface area contributed by atoms with Crippen LogP contribution in [0.1, 0.15) is 78.1 Å². The van der Waals surface area contributed by atoms with Crippen molar-refractivity contribution in [1.29, 1.82) is 5.26 Å². The fraction of sp³-hybridized carbons (Fsp3) is 0.950. The predicted octanol–water partition coefficient (Wildman–Crippen LogP) is 4.67. The van der Waals surface area contributed by atoms with Crippen LogP contribution in [-0.2, 0) is 0 Å². The average molecular weight is 301 g/mol. The summed E-state index contributed by atoms with van der Waals surface area (Å²) in [5.41, 5.74) is -0.663. The third kappa shape index (κ3) is 1.70. The summed E-state index contributed by atoms with van der Waals surface area (Å²) in [7, 11) is 0. The largest absolute Gasteiger partial charge is 0.375 e. The van der Waals surface area contributed by atoms with Crippen molar-refractivity contribution >= 4 is 0 Å². The maximum Gasteiger partial charge on any atom is 0.156 e. The van der Waals surface area contributed by atoms with Gasteiger partial charge in [-0.3, -0.25) is 0 Å². The third-order valence-corrected chi connectivity index (χ3v) is 8.92. The van der Waals surface area contributed by atoms with Crippen LogP contribution in [0.2, 0.25) is 0 Å². The van der Waals surface area contributed by atoms with Crippen LogP contribution >= 0.6 is 0 Å². The topological polar surface area (TPSA) is 44.0 Å². The van der Waals surface area contributed by atoms with E-state index in [1.54, 1.807) is 0 Å². The molecule has 0 radical (unpaired) electrons. The van der Waals surface area contributed by atoms with Gasteiger partial charge in [0.15, 0.2) is 5.60 Å². The lowest BCUT2D eigenvalue weighted by atomic mass is 9.44. The van der Waals surface area contributed by atoms with E-state index in [4.69, 9.17) is 0 Å². The van der Waals surface area contributed by atoms with Crippen molar-refractivity contribution in [3.05, 3.63) is 0 Å². The second-order valence-electron chi connectivity index (χ2n) is 9.37. The highest BCUT2D eigenvalue weighted by Crippen LogP contribution is 2.68. The summed E-state index contributed by atoms with van der Waals surface area (Å²) >= 11 is 0. The monoisotopic (exact) mass is 301 g/mol. The standard InChI is InChI=1S/C20H31NO/c1-18-10-4-3-5-14(18)6-7-15-16(18)8-11-19(2)17(15)9-12-20(19,22)13-21/h14-17,22H,3-12H2,1-2H3/t14-,15-,16+,17+,18+,19+,20-/m1/s1. The molecule has 4 rings (SSSR count). The van der Waals surface area contributed by atoms with Gasteiger partial charge >= 0.3 is 0 Å². The Hall–Kier alpha value is -0.550. The van der Waals surface area contributed by atoms with E-state index in [9.17, 15) is 10.4 Å². The minimum atomic E-state index is -1.06. The summed E-state index contributed by atoms with van der Waals surface area (Å²) in [4.78, 5) is 0. The Morgan fingerprint density at radius 1 is 0.909 bits per heavy atom.